The van der Waals surface area contributed by atoms with E-state index in [1.807, 2.05) is 19.1 Å². The molecule has 1 fully saturated rings. The van der Waals surface area contributed by atoms with E-state index in [0.29, 0.717) is 32.8 Å². The van der Waals surface area contributed by atoms with E-state index in [2.05, 4.69) is 82.8 Å². The number of Topliss-reactive ketones (excluding diaryl/α,β-unsaturated/α-hetero) is 1. The molecule has 3 rings (SSSR count). The Bertz CT molecular complexity index is 993. The molecule has 0 aromatic heterocycles. The largest absolute Gasteiger partial charge is 0.406 e. The van der Waals surface area contributed by atoms with Crippen LogP contribution in [0.3, 0.4) is 0 Å². The molecule has 2 aromatic carbocycles. The highest BCUT2D eigenvalue weighted by atomic mass is 28.4. The highest BCUT2D eigenvalue weighted by molar-refractivity contribution is 6.99. The highest BCUT2D eigenvalue weighted by Gasteiger charge is 2.55. The van der Waals surface area contributed by atoms with Crippen LogP contribution in [0.2, 0.25) is 5.04 Å². The molecule has 2 aromatic rings. The third-order valence-corrected chi connectivity index (χ3v) is 13.1. The number of carbonyl (C=O) groups excluding carboxylic acids is 1. The fourth-order valence-electron chi connectivity index (χ4n) is 6.00. The number of hydrogen-bond acceptors (Lipinski definition) is 5. The summed E-state index contributed by atoms with van der Waals surface area (Å²) in [6.45, 7) is 17.3. The molecule has 0 N–H and O–H groups in total. The molecule has 0 spiro atoms. The molecule has 0 saturated heterocycles. The first-order valence-electron chi connectivity index (χ1n) is 13.7. The molecular formula is C32H46O5Si. The Hall–Kier alpha value is -2.09. The van der Waals surface area contributed by atoms with Crippen LogP contribution >= 0.6 is 0 Å². The van der Waals surface area contributed by atoms with Crippen molar-refractivity contribution in [1.82, 2.24) is 0 Å². The zero-order valence-electron chi connectivity index (χ0n) is 24.1. The lowest BCUT2D eigenvalue weighted by atomic mass is 9.74. The summed E-state index contributed by atoms with van der Waals surface area (Å²) in [7, 11) is -1.12. The molecule has 5 nitrogen and oxygen atoms in total. The van der Waals surface area contributed by atoms with Crippen molar-refractivity contribution in [3.63, 3.8) is 0 Å². The molecule has 0 bridgehead atoms. The average molecular weight is 539 g/mol. The first-order chi connectivity index (χ1) is 18.1. The van der Waals surface area contributed by atoms with E-state index in [4.69, 9.17) is 18.6 Å². The van der Waals surface area contributed by atoms with Crippen LogP contribution in [0.25, 0.3) is 0 Å². The zero-order chi connectivity index (χ0) is 27.8. The van der Waals surface area contributed by atoms with Crippen LogP contribution < -0.4 is 10.4 Å². The summed E-state index contributed by atoms with van der Waals surface area (Å²) >= 11 is 0. The van der Waals surface area contributed by atoms with Gasteiger partial charge in [0, 0.05) is 26.7 Å². The molecule has 38 heavy (non-hydrogen) atoms. The Kier molecular flexibility index (Phi) is 10.7. The van der Waals surface area contributed by atoms with Gasteiger partial charge in [0.05, 0.1) is 18.6 Å². The van der Waals surface area contributed by atoms with Gasteiger partial charge in [0.1, 0.15) is 12.6 Å². The summed E-state index contributed by atoms with van der Waals surface area (Å²) in [6, 6.07) is 21.2. The minimum Gasteiger partial charge on any atom is -0.406 e. The van der Waals surface area contributed by atoms with Crippen molar-refractivity contribution in [2.75, 3.05) is 40.3 Å². The molecule has 1 aliphatic carbocycles. The fraction of sp³-hybridized carbons (Fsp3) is 0.531. The van der Waals surface area contributed by atoms with Gasteiger partial charge >= 0.3 is 0 Å². The Morgan fingerprint density at radius 3 is 2.03 bits per heavy atom. The van der Waals surface area contributed by atoms with Crippen molar-refractivity contribution in [1.29, 1.82) is 0 Å². The van der Waals surface area contributed by atoms with Crippen LogP contribution in [0, 0.1) is 17.3 Å². The lowest BCUT2D eigenvalue weighted by Crippen LogP contribution is -2.67. The minimum atomic E-state index is -2.77. The normalized spacial score (nSPS) is 22.1. The summed E-state index contributed by atoms with van der Waals surface area (Å²) in [5, 5.41) is 2.29. The molecule has 6 heteroatoms. The van der Waals surface area contributed by atoms with Crippen molar-refractivity contribution in [3.05, 3.63) is 72.8 Å². The van der Waals surface area contributed by atoms with E-state index in [0.717, 1.165) is 12.0 Å². The first kappa shape index (κ1) is 30.4. The van der Waals surface area contributed by atoms with Gasteiger partial charge in [0.25, 0.3) is 8.32 Å². The molecular weight excluding hydrogens is 492 g/mol. The van der Waals surface area contributed by atoms with E-state index in [-0.39, 0.29) is 29.5 Å². The fourth-order valence-corrected chi connectivity index (χ4v) is 10.7. The van der Waals surface area contributed by atoms with Crippen LogP contribution in [0.15, 0.2) is 72.8 Å². The number of hydrogen-bond donors (Lipinski definition) is 0. The molecule has 0 aliphatic heterocycles. The molecule has 0 heterocycles. The number of rotatable bonds is 14. The first-order valence-corrected chi connectivity index (χ1v) is 15.6. The topological polar surface area (TPSA) is 54.0 Å². The van der Waals surface area contributed by atoms with Crippen LogP contribution in [0.4, 0.5) is 0 Å². The molecule has 1 saturated carbocycles. The second-order valence-electron chi connectivity index (χ2n) is 11.8. The highest BCUT2D eigenvalue weighted by Crippen LogP contribution is 2.50. The van der Waals surface area contributed by atoms with Gasteiger partial charge in [0.15, 0.2) is 0 Å². The molecule has 3 atom stereocenters. The lowest BCUT2D eigenvalue weighted by molar-refractivity contribution is -0.128. The molecule has 1 aliphatic rings. The number of ether oxygens (including phenoxy) is 3. The lowest BCUT2D eigenvalue weighted by Gasteiger charge is -2.45. The van der Waals surface area contributed by atoms with Gasteiger partial charge in [-0.15, -0.1) is 0 Å². The molecule has 208 valence electrons. The minimum absolute atomic E-state index is 0.0877. The molecule has 0 radical (unpaired) electrons. The smallest absolute Gasteiger partial charge is 0.261 e. The van der Waals surface area contributed by atoms with Gasteiger partial charge in [0.2, 0.25) is 0 Å². The number of allylic oxidation sites excluding steroid dienone is 1. The van der Waals surface area contributed by atoms with E-state index < -0.39 is 13.7 Å². The van der Waals surface area contributed by atoms with Crippen molar-refractivity contribution in [2.24, 2.45) is 17.3 Å². The van der Waals surface area contributed by atoms with Crippen molar-refractivity contribution in [3.8, 4) is 0 Å². The Morgan fingerprint density at radius 2 is 1.53 bits per heavy atom. The van der Waals surface area contributed by atoms with Gasteiger partial charge in [-0.3, -0.25) is 4.79 Å². The van der Waals surface area contributed by atoms with E-state index in [9.17, 15) is 4.79 Å². The number of ketones is 1. The van der Waals surface area contributed by atoms with E-state index in [1.54, 1.807) is 7.11 Å². The second kappa shape index (κ2) is 13.3. The average Bonchev–Trinajstić information content (AvgIpc) is 3.14. The number of carbonyl (C=O) groups is 1. The Morgan fingerprint density at radius 1 is 0.974 bits per heavy atom. The summed E-state index contributed by atoms with van der Waals surface area (Å²) in [5.74, 6) is 0.461. The molecule has 0 unspecified atom stereocenters. The second-order valence-corrected chi connectivity index (χ2v) is 16.1. The maximum Gasteiger partial charge on any atom is 0.261 e. The van der Waals surface area contributed by atoms with E-state index >= 15 is 0 Å². The van der Waals surface area contributed by atoms with Gasteiger partial charge < -0.3 is 18.6 Å². The zero-order valence-corrected chi connectivity index (χ0v) is 25.1. The Balaban J connectivity index is 1.91. The maximum absolute atomic E-state index is 13.7. The third-order valence-electron chi connectivity index (χ3n) is 8.16. The quantitative estimate of drug-likeness (QED) is 0.140. The summed E-state index contributed by atoms with van der Waals surface area (Å²) < 4.78 is 23.5. The van der Waals surface area contributed by atoms with Crippen molar-refractivity contribution >= 4 is 24.5 Å². The van der Waals surface area contributed by atoms with Crippen molar-refractivity contribution in [2.45, 2.75) is 52.5 Å². The van der Waals surface area contributed by atoms with Gasteiger partial charge in [-0.25, -0.2) is 0 Å². The van der Waals surface area contributed by atoms with Gasteiger partial charge in [-0.05, 0) is 40.6 Å². The summed E-state index contributed by atoms with van der Waals surface area (Å²) in [6.07, 6.45) is 1.25. The van der Waals surface area contributed by atoms with Crippen LogP contribution in [-0.2, 0) is 23.4 Å². The maximum atomic E-state index is 13.7. The number of methoxy groups -OCH3 is 1. The SMILES string of the molecule is C=C(C)[C@@H]1CC(=O)[C@](C)(CO[Si](c2ccccc2)(c2ccccc2)C(C)(C)C)[C@H]1CCOCOCCOC. The monoisotopic (exact) mass is 538 g/mol. The van der Waals surface area contributed by atoms with Gasteiger partial charge in [-0.1, -0.05) is 101 Å². The standard InChI is InChI=1S/C32H46O5Si/c1-25(2)28-22-30(33)32(6,29(28)18-19-35-24-36-21-20-34-7)23-37-38(31(3,4)5,26-14-10-8-11-15-26)27-16-12-9-13-17-27/h8-17,28-29H,1,18-24H2,2-7H3/t28-,29-,32+/m0/s1. The van der Waals surface area contributed by atoms with Crippen LogP contribution in [-0.4, -0.2) is 54.4 Å². The predicted octanol–water partition coefficient (Wildman–Crippen LogP) is 5.38. The molecule has 0 amide bonds. The number of benzene rings is 2. The van der Waals surface area contributed by atoms with Crippen LogP contribution in [0.5, 0.6) is 0 Å². The summed E-state index contributed by atoms with van der Waals surface area (Å²) in [5.41, 5.74) is 0.422. The third kappa shape index (κ3) is 6.54. The van der Waals surface area contributed by atoms with E-state index in [1.165, 1.54) is 10.4 Å². The van der Waals surface area contributed by atoms with Crippen LogP contribution in [0.1, 0.15) is 47.5 Å². The van der Waals surface area contributed by atoms with Crippen molar-refractivity contribution < 1.29 is 23.4 Å². The Labute approximate surface area is 230 Å². The summed E-state index contributed by atoms with van der Waals surface area (Å²) in [4.78, 5) is 13.7. The van der Waals surface area contributed by atoms with Gasteiger partial charge in [-0.2, -0.15) is 0 Å². The predicted molar refractivity (Wildman–Crippen MR) is 156 cm³/mol.